The van der Waals surface area contributed by atoms with Gasteiger partial charge in [-0.15, -0.1) is 12.4 Å². The fraction of sp³-hybridized carbons (Fsp3) is 0.395. The quantitative estimate of drug-likeness (QED) is 0.0440. The van der Waals surface area contributed by atoms with Gasteiger partial charge in [0.05, 0.1) is 12.6 Å². The molecular formula is C38H49Cl2N9O8. The first-order valence-corrected chi connectivity index (χ1v) is 18.2. The van der Waals surface area contributed by atoms with Gasteiger partial charge in [-0.2, -0.15) is 9.97 Å². The van der Waals surface area contributed by atoms with E-state index in [-0.39, 0.29) is 61.6 Å². The second-order valence-electron chi connectivity index (χ2n) is 13.6. The van der Waals surface area contributed by atoms with Crippen LogP contribution in [0.25, 0.3) is 11.2 Å². The maximum absolute atomic E-state index is 14.2. The molecular weight excluding hydrogens is 781 g/mol. The van der Waals surface area contributed by atoms with E-state index >= 15 is 0 Å². The highest BCUT2D eigenvalue weighted by molar-refractivity contribution is 6.31. The Hall–Kier alpha value is -5.49. The fourth-order valence-electron chi connectivity index (χ4n) is 5.29. The van der Waals surface area contributed by atoms with Gasteiger partial charge in [-0.1, -0.05) is 60.1 Å². The van der Waals surface area contributed by atoms with Crippen molar-refractivity contribution in [1.29, 1.82) is 0 Å². The smallest absolute Gasteiger partial charge is 0.413 e. The number of nitrogens with two attached hydrogens (primary N) is 3. The number of rotatable bonds is 19. The van der Waals surface area contributed by atoms with Crippen molar-refractivity contribution in [1.82, 2.24) is 24.4 Å². The number of esters is 2. The number of nitrogen functional groups attached to an aromatic ring is 1. The van der Waals surface area contributed by atoms with Crippen molar-refractivity contribution < 1.29 is 38.1 Å². The molecule has 0 aliphatic heterocycles. The van der Waals surface area contributed by atoms with E-state index in [2.05, 4.69) is 20.3 Å². The Morgan fingerprint density at radius 2 is 1.70 bits per heavy atom. The molecule has 0 saturated heterocycles. The third-order valence-corrected chi connectivity index (χ3v) is 8.30. The minimum atomic E-state index is -1.32. The number of imidazole rings is 1. The van der Waals surface area contributed by atoms with Crippen molar-refractivity contribution in [3.8, 4) is 0 Å². The summed E-state index contributed by atoms with van der Waals surface area (Å²) in [6, 6.07) is 13.8. The molecule has 2 amide bonds. The number of hydrogen-bond acceptors (Lipinski definition) is 14. The highest BCUT2D eigenvalue weighted by Crippen LogP contribution is 2.22. The number of halogens is 2. The summed E-state index contributed by atoms with van der Waals surface area (Å²) in [6.45, 7) is 4.60. The van der Waals surface area contributed by atoms with Crippen LogP contribution in [-0.4, -0.2) is 85.7 Å². The fourth-order valence-corrected chi connectivity index (χ4v) is 5.48. The maximum atomic E-state index is 14.2. The summed E-state index contributed by atoms with van der Waals surface area (Å²) >= 11 is 6.18. The van der Waals surface area contributed by atoms with E-state index in [1.165, 1.54) is 28.1 Å². The lowest BCUT2D eigenvalue weighted by molar-refractivity contribution is -0.161. The maximum Gasteiger partial charge on any atom is 0.413 e. The highest BCUT2D eigenvalue weighted by Gasteiger charge is 2.35. The Kier molecular flexibility index (Phi) is 18.0. The van der Waals surface area contributed by atoms with Gasteiger partial charge in [0, 0.05) is 17.1 Å². The standard InChI is InChI=1S/C38H48ClN9O8.ClH/c1-38(2,3)56-34(50)28(41)20-48(29(16-9-10-17-40)35(51)54-19-11-18-53-23-26-14-7-8-15-27(26)39)30(49)21-47-24-43-31-32(44-36(42)46-33(31)47)45-37(52)55-22-25-12-5-4-6-13-25;/h4-8,11-15,18,24,28-29H,9-10,16-17,19-23,40-41H2,1-3H3,(H3,42,44,45,46,52);1H/t28?,29-;/m0./s1. The van der Waals surface area contributed by atoms with Gasteiger partial charge in [-0.3, -0.25) is 14.9 Å². The molecule has 2 heterocycles. The average molecular weight is 831 g/mol. The van der Waals surface area contributed by atoms with E-state index in [4.69, 9.17) is 47.7 Å². The minimum Gasteiger partial charge on any atom is -0.497 e. The molecule has 2 aromatic heterocycles. The second kappa shape index (κ2) is 22.3. The van der Waals surface area contributed by atoms with E-state index in [0.29, 0.717) is 24.4 Å². The molecule has 19 heteroatoms. The number of carbonyl (C=O) groups is 4. The molecule has 0 spiro atoms. The van der Waals surface area contributed by atoms with E-state index in [1.807, 2.05) is 36.4 Å². The highest BCUT2D eigenvalue weighted by atomic mass is 35.5. The summed E-state index contributed by atoms with van der Waals surface area (Å²) in [6.07, 6.45) is 4.51. The molecule has 57 heavy (non-hydrogen) atoms. The summed E-state index contributed by atoms with van der Waals surface area (Å²) < 4.78 is 23.2. The number of carbonyl (C=O) groups excluding carboxylic acids is 4. The van der Waals surface area contributed by atoms with Crippen molar-refractivity contribution in [2.24, 2.45) is 11.5 Å². The number of benzene rings is 2. The Morgan fingerprint density at radius 1 is 0.982 bits per heavy atom. The van der Waals surface area contributed by atoms with Crippen LogP contribution < -0.4 is 22.5 Å². The van der Waals surface area contributed by atoms with Gasteiger partial charge >= 0.3 is 18.0 Å². The van der Waals surface area contributed by atoms with Crippen LogP contribution in [0.4, 0.5) is 16.6 Å². The molecule has 2 aromatic carbocycles. The molecule has 308 valence electrons. The van der Waals surface area contributed by atoms with Gasteiger partial charge in [-0.25, -0.2) is 14.6 Å². The number of nitrogens with zero attached hydrogens (tertiary/aromatic N) is 5. The molecule has 0 bridgehead atoms. The number of fused-ring (bicyclic) bond motifs is 1. The molecule has 17 nitrogen and oxygen atoms in total. The number of aromatic nitrogens is 4. The van der Waals surface area contributed by atoms with Crippen molar-refractivity contribution >= 4 is 70.9 Å². The second-order valence-corrected chi connectivity index (χ2v) is 14.0. The zero-order valence-corrected chi connectivity index (χ0v) is 33.5. The van der Waals surface area contributed by atoms with E-state index < -0.39 is 54.7 Å². The molecule has 0 fully saturated rings. The van der Waals surface area contributed by atoms with Crippen molar-refractivity contribution in [3.05, 3.63) is 89.4 Å². The number of unbranched alkanes of at least 4 members (excludes halogenated alkanes) is 1. The first kappa shape index (κ1) is 45.9. The summed E-state index contributed by atoms with van der Waals surface area (Å²) in [5.74, 6) is -2.42. The molecule has 0 radical (unpaired) electrons. The van der Waals surface area contributed by atoms with Gasteiger partial charge in [0.1, 0.15) is 44.1 Å². The number of amides is 2. The summed E-state index contributed by atoms with van der Waals surface area (Å²) in [4.78, 5) is 67.5. The number of hydrogen-bond donors (Lipinski definition) is 4. The normalized spacial score (nSPS) is 12.3. The molecule has 2 atom stereocenters. The van der Waals surface area contributed by atoms with Crippen LogP contribution in [0.1, 0.15) is 51.2 Å². The average Bonchev–Trinajstić information content (AvgIpc) is 3.55. The van der Waals surface area contributed by atoms with Gasteiger partial charge < -0.3 is 45.6 Å². The number of nitrogens with one attached hydrogen (secondary N) is 1. The van der Waals surface area contributed by atoms with E-state index in [0.717, 1.165) is 11.1 Å². The van der Waals surface area contributed by atoms with Crippen LogP contribution >= 0.6 is 24.0 Å². The first-order valence-electron chi connectivity index (χ1n) is 17.9. The first-order chi connectivity index (χ1) is 26.8. The predicted molar refractivity (Wildman–Crippen MR) is 216 cm³/mol. The largest absolute Gasteiger partial charge is 0.497 e. The van der Waals surface area contributed by atoms with E-state index in [1.54, 1.807) is 39.0 Å². The minimum absolute atomic E-state index is 0. The summed E-state index contributed by atoms with van der Waals surface area (Å²) in [5, 5.41) is 3.08. The monoisotopic (exact) mass is 829 g/mol. The molecule has 1 unspecified atom stereocenters. The predicted octanol–water partition coefficient (Wildman–Crippen LogP) is 4.50. The molecule has 0 aliphatic rings. The Balaban J connectivity index is 0.00000870. The summed E-state index contributed by atoms with van der Waals surface area (Å²) in [7, 11) is 0. The zero-order valence-electron chi connectivity index (χ0n) is 32.0. The lowest BCUT2D eigenvalue weighted by Crippen LogP contribution is -2.54. The lowest BCUT2D eigenvalue weighted by atomic mass is 10.1. The van der Waals surface area contributed by atoms with Gasteiger partial charge in [0.25, 0.3) is 0 Å². The van der Waals surface area contributed by atoms with Crippen molar-refractivity contribution in [3.63, 3.8) is 0 Å². The van der Waals surface area contributed by atoms with Crippen LogP contribution in [-0.2, 0) is 53.1 Å². The lowest BCUT2D eigenvalue weighted by Gasteiger charge is -2.32. The number of anilines is 2. The van der Waals surface area contributed by atoms with Crippen LogP contribution in [0, 0.1) is 0 Å². The molecule has 4 aromatic rings. The number of ether oxygens (including phenoxy) is 4. The van der Waals surface area contributed by atoms with Crippen molar-refractivity contribution in [2.75, 3.05) is 30.7 Å². The third kappa shape index (κ3) is 14.5. The zero-order chi connectivity index (χ0) is 40.7. The van der Waals surface area contributed by atoms with Crippen LogP contribution in [0.5, 0.6) is 0 Å². The van der Waals surface area contributed by atoms with Gasteiger partial charge in [-0.05, 0) is 64.3 Å². The third-order valence-electron chi connectivity index (χ3n) is 7.93. The molecule has 0 aliphatic carbocycles. The molecule has 4 rings (SSSR count). The van der Waals surface area contributed by atoms with Crippen molar-refractivity contribution in [2.45, 2.75) is 77.5 Å². The Morgan fingerprint density at radius 3 is 2.40 bits per heavy atom. The summed E-state index contributed by atoms with van der Waals surface area (Å²) in [5.41, 5.74) is 18.9. The van der Waals surface area contributed by atoms with Crippen LogP contribution in [0.15, 0.2) is 73.3 Å². The Bertz CT molecular complexity index is 1970. The van der Waals surface area contributed by atoms with Crippen LogP contribution in [0.2, 0.25) is 5.02 Å². The van der Waals surface area contributed by atoms with Crippen LogP contribution in [0.3, 0.4) is 0 Å². The molecule has 0 saturated carbocycles. The molecule has 7 N–H and O–H groups in total. The van der Waals surface area contributed by atoms with Gasteiger partial charge in [0.15, 0.2) is 17.0 Å². The van der Waals surface area contributed by atoms with E-state index in [9.17, 15) is 19.2 Å². The SMILES string of the molecule is CC(C)(C)OC(=O)C(N)CN(C(=O)Cn1cnc2c(NC(=O)OCc3ccccc3)nc(N)nc21)[C@@H](CCCCN)C(=O)OCC=COCc1ccccc1Cl.Cl. The van der Waals surface area contributed by atoms with Gasteiger partial charge in [0.2, 0.25) is 11.9 Å². The Labute approximate surface area is 341 Å². The topological polar surface area (TPSA) is 242 Å².